The molecule has 0 saturated heterocycles. The number of nitrogens with one attached hydrogen (secondary N) is 1. The number of benzene rings is 1. The molecule has 0 heterocycles. The number of hydrogen-bond donors (Lipinski definition) is 1. The lowest BCUT2D eigenvalue weighted by Crippen LogP contribution is -2.21. The fourth-order valence-corrected chi connectivity index (χ4v) is 2.63. The molecular formula is C13H20ClNS. The summed E-state index contributed by atoms with van der Waals surface area (Å²) < 4.78 is 0. The number of hydrogen-bond acceptors (Lipinski definition) is 2. The molecule has 0 aliphatic heterocycles. The van der Waals surface area contributed by atoms with Gasteiger partial charge in [0, 0.05) is 5.02 Å². The molecule has 0 saturated carbocycles. The molecule has 0 radical (unpaired) electrons. The summed E-state index contributed by atoms with van der Waals surface area (Å²) in [6.07, 6.45) is 4.53. The highest BCUT2D eigenvalue weighted by Crippen LogP contribution is 2.17. The Morgan fingerprint density at radius 1 is 1.44 bits per heavy atom. The van der Waals surface area contributed by atoms with E-state index >= 15 is 0 Å². The summed E-state index contributed by atoms with van der Waals surface area (Å²) in [6.45, 7) is 1.08. The molecule has 0 aromatic heterocycles. The van der Waals surface area contributed by atoms with Crippen molar-refractivity contribution < 1.29 is 0 Å². The van der Waals surface area contributed by atoms with Crippen molar-refractivity contribution in [2.45, 2.75) is 12.8 Å². The zero-order chi connectivity index (χ0) is 11.8. The van der Waals surface area contributed by atoms with Crippen LogP contribution in [0.25, 0.3) is 0 Å². The first kappa shape index (κ1) is 13.9. The molecule has 1 N–H and O–H groups in total. The van der Waals surface area contributed by atoms with Crippen LogP contribution < -0.4 is 5.32 Å². The normalized spacial score (nSPS) is 12.7. The van der Waals surface area contributed by atoms with Crippen molar-refractivity contribution in [3.8, 4) is 0 Å². The van der Waals surface area contributed by atoms with E-state index in [0.717, 1.165) is 18.0 Å². The Labute approximate surface area is 108 Å². The van der Waals surface area contributed by atoms with Gasteiger partial charge < -0.3 is 5.32 Å². The second-order valence-electron chi connectivity index (χ2n) is 4.04. The van der Waals surface area contributed by atoms with E-state index in [1.807, 2.05) is 30.9 Å². The highest BCUT2D eigenvalue weighted by atomic mass is 35.5. The second-order valence-corrected chi connectivity index (χ2v) is 5.46. The van der Waals surface area contributed by atoms with E-state index in [9.17, 15) is 0 Å². The fraction of sp³-hybridized carbons (Fsp3) is 0.538. The van der Waals surface area contributed by atoms with Gasteiger partial charge in [-0.05, 0) is 62.1 Å². The van der Waals surface area contributed by atoms with Crippen LogP contribution in [0.3, 0.4) is 0 Å². The summed E-state index contributed by atoms with van der Waals surface area (Å²) in [4.78, 5) is 0. The summed E-state index contributed by atoms with van der Waals surface area (Å²) in [5.41, 5.74) is 1.34. The van der Waals surface area contributed by atoms with Gasteiger partial charge in [0.15, 0.2) is 0 Å². The van der Waals surface area contributed by atoms with Gasteiger partial charge in [0.2, 0.25) is 0 Å². The largest absolute Gasteiger partial charge is 0.319 e. The Bertz CT molecular complexity index is 304. The third-order valence-corrected chi connectivity index (χ3v) is 3.52. The van der Waals surface area contributed by atoms with Crippen molar-refractivity contribution in [3.05, 3.63) is 34.9 Å². The van der Waals surface area contributed by atoms with Crippen LogP contribution in [0, 0.1) is 5.92 Å². The predicted octanol–water partition coefficient (Wildman–Crippen LogP) is 3.47. The summed E-state index contributed by atoms with van der Waals surface area (Å²) >= 11 is 7.91. The van der Waals surface area contributed by atoms with Gasteiger partial charge in [0.25, 0.3) is 0 Å². The fourth-order valence-electron chi connectivity index (χ4n) is 1.85. The van der Waals surface area contributed by atoms with Gasteiger partial charge in [-0.15, -0.1) is 0 Å². The first-order chi connectivity index (χ1) is 7.76. The molecule has 1 unspecified atom stereocenters. The van der Waals surface area contributed by atoms with Crippen LogP contribution in [0.4, 0.5) is 0 Å². The van der Waals surface area contributed by atoms with Gasteiger partial charge in [0.1, 0.15) is 0 Å². The van der Waals surface area contributed by atoms with E-state index in [4.69, 9.17) is 11.6 Å². The first-order valence-corrected chi connectivity index (χ1v) is 7.41. The molecule has 16 heavy (non-hydrogen) atoms. The highest BCUT2D eigenvalue weighted by molar-refractivity contribution is 7.98. The maximum absolute atomic E-state index is 5.99. The van der Waals surface area contributed by atoms with Gasteiger partial charge in [-0.25, -0.2) is 0 Å². The Morgan fingerprint density at radius 2 is 2.25 bits per heavy atom. The minimum absolute atomic E-state index is 0.705. The molecule has 0 spiro atoms. The minimum atomic E-state index is 0.705. The third-order valence-electron chi connectivity index (χ3n) is 2.64. The molecule has 0 amide bonds. The predicted molar refractivity (Wildman–Crippen MR) is 75.6 cm³/mol. The van der Waals surface area contributed by atoms with Crippen LogP contribution in [0.1, 0.15) is 12.0 Å². The average Bonchev–Trinajstić information content (AvgIpc) is 2.26. The Morgan fingerprint density at radius 3 is 2.88 bits per heavy atom. The standard InChI is InChI=1S/C13H20ClNS/c1-15-10-12(6-7-16-2)8-11-4-3-5-13(14)9-11/h3-5,9,12,15H,6-8,10H2,1-2H3. The third kappa shape index (κ3) is 5.24. The maximum atomic E-state index is 5.99. The van der Waals surface area contributed by atoms with E-state index in [1.165, 1.54) is 17.7 Å². The smallest absolute Gasteiger partial charge is 0.0408 e. The highest BCUT2D eigenvalue weighted by Gasteiger charge is 2.08. The lowest BCUT2D eigenvalue weighted by Gasteiger charge is -2.16. The summed E-state index contributed by atoms with van der Waals surface area (Å²) in [5.74, 6) is 1.93. The van der Waals surface area contributed by atoms with Crippen LogP contribution in [-0.4, -0.2) is 25.6 Å². The molecule has 1 nitrogen and oxygen atoms in total. The summed E-state index contributed by atoms with van der Waals surface area (Å²) in [5, 5.41) is 4.11. The lowest BCUT2D eigenvalue weighted by molar-refractivity contribution is 0.485. The molecule has 0 aliphatic rings. The van der Waals surface area contributed by atoms with E-state index in [0.29, 0.717) is 5.92 Å². The zero-order valence-electron chi connectivity index (χ0n) is 10.0. The molecule has 3 heteroatoms. The van der Waals surface area contributed by atoms with Crippen LogP contribution in [-0.2, 0) is 6.42 Å². The lowest BCUT2D eigenvalue weighted by atomic mass is 9.97. The van der Waals surface area contributed by atoms with Crippen molar-refractivity contribution in [2.75, 3.05) is 25.6 Å². The Hall–Kier alpha value is -0.180. The topological polar surface area (TPSA) is 12.0 Å². The van der Waals surface area contributed by atoms with Crippen molar-refractivity contribution in [2.24, 2.45) is 5.92 Å². The monoisotopic (exact) mass is 257 g/mol. The molecule has 1 aromatic rings. The van der Waals surface area contributed by atoms with Gasteiger partial charge in [-0.2, -0.15) is 11.8 Å². The van der Waals surface area contributed by atoms with Gasteiger partial charge in [0.05, 0.1) is 0 Å². The molecule has 0 aliphatic carbocycles. The molecule has 90 valence electrons. The summed E-state index contributed by atoms with van der Waals surface area (Å²) in [7, 11) is 2.02. The quantitative estimate of drug-likeness (QED) is 0.803. The minimum Gasteiger partial charge on any atom is -0.319 e. The number of rotatable bonds is 7. The van der Waals surface area contributed by atoms with E-state index < -0.39 is 0 Å². The van der Waals surface area contributed by atoms with Crippen molar-refractivity contribution in [1.82, 2.24) is 5.32 Å². The molecule has 0 fully saturated rings. The van der Waals surface area contributed by atoms with Gasteiger partial charge in [-0.3, -0.25) is 0 Å². The van der Waals surface area contributed by atoms with Crippen molar-refractivity contribution >= 4 is 23.4 Å². The Kier molecular flexibility index (Phi) is 6.93. The second kappa shape index (κ2) is 7.99. The summed E-state index contributed by atoms with van der Waals surface area (Å²) in [6, 6.07) is 8.19. The zero-order valence-corrected chi connectivity index (χ0v) is 11.6. The maximum Gasteiger partial charge on any atom is 0.0408 e. The number of halogens is 1. The molecule has 1 aromatic carbocycles. The van der Waals surface area contributed by atoms with Crippen molar-refractivity contribution in [1.29, 1.82) is 0 Å². The van der Waals surface area contributed by atoms with E-state index in [-0.39, 0.29) is 0 Å². The van der Waals surface area contributed by atoms with Crippen molar-refractivity contribution in [3.63, 3.8) is 0 Å². The van der Waals surface area contributed by atoms with Crippen LogP contribution in [0.2, 0.25) is 5.02 Å². The SMILES string of the molecule is CNCC(CCSC)Cc1cccc(Cl)c1. The molecule has 1 rings (SSSR count). The molecule has 1 atom stereocenters. The van der Waals surface area contributed by atoms with Gasteiger partial charge in [-0.1, -0.05) is 23.7 Å². The molecular weight excluding hydrogens is 238 g/mol. The van der Waals surface area contributed by atoms with Gasteiger partial charge >= 0.3 is 0 Å². The van der Waals surface area contributed by atoms with E-state index in [2.05, 4.69) is 23.7 Å². The molecule has 0 bridgehead atoms. The van der Waals surface area contributed by atoms with Crippen LogP contribution in [0.15, 0.2) is 24.3 Å². The first-order valence-electron chi connectivity index (χ1n) is 5.64. The van der Waals surface area contributed by atoms with Crippen LogP contribution in [0.5, 0.6) is 0 Å². The Balaban J connectivity index is 2.52. The van der Waals surface area contributed by atoms with Crippen LogP contribution >= 0.6 is 23.4 Å². The number of thioether (sulfide) groups is 1. The van der Waals surface area contributed by atoms with E-state index in [1.54, 1.807) is 0 Å². The average molecular weight is 258 g/mol.